The Morgan fingerprint density at radius 3 is 2.42 bits per heavy atom. The van der Waals surface area contributed by atoms with Gasteiger partial charge in [-0.15, -0.1) is 0 Å². The standard InChI is InChI=1S/C26H25F3N4O3/c1-15-6-9-22(21(28)10-15)32-24-19(7-8-20(27)23(24)29)25(35)33-13-26(36,14-33)12-30-17-4-3-5-18(11-17)31-16(2)34/h3-11,30,32,36H,12-14H2,1-2H3,(H,31,34). The van der Waals surface area contributed by atoms with Crippen molar-refractivity contribution in [2.75, 3.05) is 35.6 Å². The SMILES string of the molecule is CC(=O)Nc1cccc(NCC2(O)CN(C(=O)c3ccc(F)c(F)c3Nc3ccc(C)cc3F)C2)c1. The Labute approximate surface area is 205 Å². The van der Waals surface area contributed by atoms with Crippen LogP contribution in [0.3, 0.4) is 0 Å². The summed E-state index contributed by atoms with van der Waals surface area (Å²) >= 11 is 0. The lowest BCUT2D eigenvalue weighted by atomic mass is 9.92. The van der Waals surface area contributed by atoms with E-state index >= 15 is 0 Å². The molecular formula is C26H25F3N4O3. The molecule has 10 heteroatoms. The second kappa shape index (κ2) is 9.90. The molecule has 2 amide bonds. The summed E-state index contributed by atoms with van der Waals surface area (Å²) in [5.74, 6) is -4.02. The van der Waals surface area contributed by atoms with Crippen molar-refractivity contribution in [1.29, 1.82) is 0 Å². The number of hydrogen-bond donors (Lipinski definition) is 4. The second-order valence-electron chi connectivity index (χ2n) is 8.89. The summed E-state index contributed by atoms with van der Waals surface area (Å²) in [6.45, 7) is 3.08. The molecule has 1 aliphatic rings. The van der Waals surface area contributed by atoms with Crippen molar-refractivity contribution < 1.29 is 27.9 Å². The molecule has 0 bridgehead atoms. The number of anilines is 4. The van der Waals surface area contributed by atoms with Gasteiger partial charge in [0.1, 0.15) is 11.4 Å². The van der Waals surface area contributed by atoms with Gasteiger partial charge >= 0.3 is 0 Å². The van der Waals surface area contributed by atoms with E-state index in [1.165, 1.54) is 24.0 Å². The van der Waals surface area contributed by atoms with Crippen molar-refractivity contribution in [2.24, 2.45) is 0 Å². The maximum atomic E-state index is 14.7. The first-order valence-corrected chi connectivity index (χ1v) is 11.2. The Morgan fingerprint density at radius 2 is 1.72 bits per heavy atom. The highest BCUT2D eigenvalue weighted by atomic mass is 19.2. The number of aliphatic hydroxyl groups is 1. The molecule has 36 heavy (non-hydrogen) atoms. The van der Waals surface area contributed by atoms with E-state index in [2.05, 4.69) is 16.0 Å². The topological polar surface area (TPSA) is 93.7 Å². The lowest BCUT2D eigenvalue weighted by Crippen LogP contribution is -2.66. The minimum Gasteiger partial charge on any atom is -0.384 e. The molecular weight excluding hydrogens is 473 g/mol. The van der Waals surface area contributed by atoms with Crippen LogP contribution in [0.1, 0.15) is 22.8 Å². The third kappa shape index (κ3) is 5.44. The first-order valence-electron chi connectivity index (χ1n) is 11.2. The fourth-order valence-corrected chi connectivity index (χ4v) is 3.97. The molecule has 188 valence electrons. The molecule has 3 aromatic carbocycles. The first kappa shape index (κ1) is 25.1. The van der Waals surface area contributed by atoms with Gasteiger partial charge in [0.25, 0.3) is 5.91 Å². The van der Waals surface area contributed by atoms with Crippen LogP contribution in [0.2, 0.25) is 0 Å². The predicted molar refractivity (Wildman–Crippen MR) is 131 cm³/mol. The normalized spacial score (nSPS) is 14.1. The predicted octanol–water partition coefficient (Wildman–Crippen LogP) is 4.41. The van der Waals surface area contributed by atoms with Gasteiger partial charge in [0.05, 0.1) is 30.0 Å². The quantitative estimate of drug-likeness (QED) is 0.387. The molecule has 0 aromatic heterocycles. The van der Waals surface area contributed by atoms with E-state index in [9.17, 15) is 27.9 Å². The molecule has 0 aliphatic carbocycles. The number of likely N-dealkylation sites (tertiary alicyclic amines) is 1. The molecule has 1 heterocycles. The highest BCUT2D eigenvalue weighted by molar-refractivity contribution is 6.01. The third-order valence-corrected chi connectivity index (χ3v) is 5.77. The number of carbonyl (C=O) groups is 2. The summed E-state index contributed by atoms with van der Waals surface area (Å²) in [4.78, 5) is 25.6. The zero-order valence-corrected chi connectivity index (χ0v) is 19.7. The summed E-state index contributed by atoms with van der Waals surface area (Å²) in [6, 6.07) is 13.1. The van der Waals surface area contributed by atoms with Crippen LogP contribution in [-0.2, 0) is 4.79 Å². The molecule has 0 unspecified atom stereocenters. The van der Waals surface area contributed by atoms with E-state index in [-0.39, 0.29) is 36.8 Å². The molecule has 1 aliphatic heterocycles. The number of halogens is 3. The molecule has 0 saturated carbocycles. The van der Waals surface area contributed by atoms with Gasteiger partial charge in [-0.25, -0.2) is 13.2 Å². The molecule has 4 N–H and O–H groups in total. The maximum Gasteiger partial charge on any atom is 0.256 e. The number of rotatable bonds is 7. The van der Waals surface area contributed by atoms with Crippen LogP contribution in [-0.4, -0.2) is 47.1 Å². The van der Waals surface area contributed by atoms with E-state index in [1.807, 2.05) is 0 Å². The van der Waals surface area contributed by atoms with Crippen LogP contribution in [0.15, 0.2) is 54.6 Å². The third-order valence-electron chi connectivity index (χ3n) is 5.77. The number of aryl methyl sites for hydroxylation is 1. The highest BCUT2D eigenvalue weighted by Gasteiger charge is 2.44. The molecule has 3 aromatic rings. The summed E-state index contributed by atoms with van der Waals surface area (Å²) in [6.07, 6.45) is 0. The van der Waals surface area contributed by atoms with Crippen LogP contribution < -0.4 is 16.0 Å². The first-order chi connectivity index (χ1) is 17.0. The number of nitrogens with zero attached hydrogens (tertiary/aromatic N) is 1. The summed E-state index contributed by atoms with van der Waals surface area (Å²) in [7, 11) is 0. The molecule has 4 rings (SSSR count). The number of benzene rings is 3. The molecule has 1 saturated heterocycles. The summed E-state index contributed by atoms with van der Waals surface area (Å²) in [5, 5.41) is 19.0. The Kier molecular flexibility index (Phi) is 6.89. The van der Waals surface area contributed by atoms with Crippen molar-refractivity contribution in [1.82, 2.24) is 4.90 Å². The second-order valence-corrected chi connectivity index (χ2v) is 8.89. The molecule has 0 spiro atoms. The van der Waals surface area contributed by atoms with Crippen molar-refractivity contribution in [3.8, 4) is 0 Å². The van der Waals surface area contributed by atoms with Crippen LogP contribution in [0, 0.1) is 24.4 Å². The van der Waals surface area contributed by atoms with Crippen molar-refractivity contribution in [3.05, 3.63) is 83.2 Å². The van der Waals surface area contributed by atoms with Gasteiger partial charge in [-0.3, -0.25) is 9.59 Å². The largest absolute Gasteiger partial charge is 0.384 e. The fourth-order valence-electron chi connectivity index (χ4n) is 3.97. The van der Waals surface area contributed by atoms with Crippen molar-refractivity contribution in [3.63, 3.8) is 0 Å². The Balaban J connectivity index is 1.45. The van der Waals surface area contributed by atoms with E-state index in [0.29, 0.717) is 16.9 Å². The number of β-amino-alcohol motifs (C(OH)–C–C–N with tert-alkyl or cyclic N) is 1. The molecule has 7 nitrogen and oxygen atoms in total. The van der Waals surface area contributed by atoms with Crippen LogP contribution in [0.5, 0.6) is 0 Å². The van der Waals surface area contributed by atoms with Gasteiger partial charge in [0.15, 0.2) is 11.6 Å². The summed E-state index contributed by atoms with van der Waals surface area (Å²) in [5.41, 5.74) is -0.137. The van der Waals surface area contributed by atoms with E-state index in [4.69, 9.17) is 0 Å². The molecule has 0 radical (unpaired) electrons. The number of nitrogens with one attached hydrogen (secondary N) is 3. The maximum absolute atomic E-state index is 14.7. The van der Waals surface area contributed by atoms with Gasteiger partial charge < -0.3 is 26.0 Å². The minimum absolute atomic E-state index is 0.0540. The van der Waals surface area contributed by atoms with Crippen molar-refractivity contribution in [2.45, 2.75) is 19.4 Å². The zero-order valence-electron chi connectivity index (χ0n) is 19.7. The van der Waals surface area contributed by atoms with Gasteiger partial charge in [-0.2, -0.15) is 0 Å². The number of carbonyl (C=O) groups excluding carboxylic acids is 2. The lowest BCUT2D eigenvalue weighted by molar-refractivity contribution is -0.114. The van der Waals surface area contributed by atoms with Gasteiger partial charge in [-0.1, -0.05) is 12.1 Å². The Bertz CT molecular complexity index is 1330. The number of hydrogen-bond acceptors (Lipinski definition) is 5. The average molecular weight is 499 g/mol. The lowest BCUT2D eigenvalue weighted by Gasteiger charge is -2.46. The molecule has 1 fully saturated rings. The summed E-state index contributed by atoms with van der Waals surface area (Å²) < 4.78 is 42.9. The minimum atomic E-state index is -1.31. The van der Waals surface area contributed by atoms with Crippen LogP contribution in [0.25, 0.3) is 0 Å². The zero-order chi connectivity index (χ0) is 26.0. The average Bonchev–Trinajstić information content (AvgIpc) is 2.80. The van der Waals surface area contributed by atoms with Crippen molar-refractivity contribution >= 4 is 34.6 Å². The Morgan fingerprint density at radius 1 is 1.00 bits per heavy atom. The fraction of sp³-hybridized carbons (Fsp3) is 0.231. The Hall–Kier alpha value is -4.05. The van der Waals surface area contributed by atoms with Crippen LogP contribution >= 0.6 is 0 Å². The van der Waals surface area contributed by atoms with E-state index in [0.717, 1.165) is 12.1 Å². The molecule has 0 atom stereocenters. The van der Waals surface area contributed by atoms with E-state index < -0.39 is 34.6 Å². The van der Waals surface area contributed by atoms with Gasteiger partial charge in [-0.05, 0) is 55.0 Å². The van der Waals surface area contributed by atoms with Gasteiger partial charge in [0, 0.05) is 24.8 Å². The van der Waals surface area contributed by atoms with E-state index in [1.54, 1.807) is 37.3 Å². The van der Waals surface area contributed by atoms with Crippen LogP contribution in [0.4, 0.5) is 35.9 Å². The highest BCUT2D eigenvalue weighted by Crippen LogP contribution is 2.32. The monoisotopic (exact) mass is 498 g/mol. The van der Waals surface area contributed by atoms with Gasteiger partial charge in [0.2, 0.25) is 5.91 Å². The number of amides is 2. The smallest absolute Gasteiger partial charge is 0.256 e.